The molecule has 0 atom stereocenters. The van der Waals surface area contributed by atoms with Crippen molar-refractivity contribution in [3.05, 3.63) is 51.6 Å². The molecule has 0 aliphatic rings. The van der Waals surface area contributed by atoms with Crippen LogP contribution in [0.2, 0.25) is 0 Å². The highest BCUT2D eigenvalue weighted by molar-refractivity contribution is 5.65. The number of nitrogens with zero attached hydrogens (tertiary/aromatic N) is 1. The van der Waals surface area contributed by atoms with Gasteiger partial charge in [-0.05, 0) is 44.0 Å². The lowest BCUT2D eigenvalue weighted by Gasteiger charge is -2.09. The van der Waals surface area contributed by atoms with Gasteiger partial charge >= 0.3 is 0 Å². The lowest BCUT2D eigenvalue weighted by Crippen LogP contribution is -2.06. The van der Waals surface area contributed by atoms with Crippen LogP contribution in [0, 0.1) is 20.8 Å². The van der Waals surface area contributed by atoms with Crippen LogP contribution in [-0.2, 0) is 0 Å². The van der Waals surface area contributed by atoms with Crippen LogP contribution in [-0.4, -0.2) is 9.97 Å². The number of hydrogen-bond donors (Lipinski definition) is 1. The molecule has 0 aromatic carbocycles. The zero-order valence-corrected chi connectivity index (χ0v) is 9.66. The zero-order valence-electron chi connectivity index (χ0n) is 9.66. The van der Waals surface area contributed by atoms with Gasteiger partial charge in [0, 0.05) is 23.5 Å². The second-order valence-electron chi connectivity index (χ2n) is 3.96. The Morgan fingerprint density at radius 2 is 1.88 bits per heavy atom. The lowest BCUT2D eigenvalue weighted by molar-refractivity contribution is 1.12. The summed E-state index contributed by atoms with van der Waals surface area (Å²) >= 11 is 0. The minimum absolute atomic E-state index is 0.0773. The summed E-state index contributed by atoms with van der Waals surface area (Å²) < 4.78 is 0. The maximum Gasteiger partial charge on any atom is 0.248 e. The maximum atomic E-state index is 11.1. The van der Waals surface area contributed by atoms with Crippen molar-refractivity contribution in [3.63, 3.8) is 0 Å². The third-order valence-corrected chi connectivity index (χ3v) is 2.85. The number of nitrogens with one attached hydrogen (secondary N) is 1. The van der Waals surface area contributed by atoms with Gasteiger partial charge < -0.3 is 4.98 Å². The summed E-state index contributed by atoms with van der Waals surface area (Å²) in [6.45, 7) is 5.99. The van der Waals surface area contributed by atoms with Crippen molar-refractivity contribution >= 4 is 0 Å². The quantitative estimate of drug-likeness (QED) is 0.792. The van der Waals surface area contributed by atoms with E-state index in [-0.39, 0.29) is 5.56 Å². The van der Waals surface area contributed by atoms with E-state index in [2.05, 4.69) is 16.9 Å². The van der Waals surface area contributed by atoms with Crippen molar-refractivity contribution in [1.82, 2.24) is 9.97 Å². The summed E-state index contributed by atoms with van der Waals surface area (Å²) in [5.41, 5.74) is 5.06. The van der Waals surface area contributed by atoms with Crippen LogP contribution >= 0.6 is 0 Å². The van der Waals surface area contributed by atoms with E-state index in [1.165, 1.54) is 11.6 Å². The zero-order chi connectivity index (χ0) is 11.7. The van der Waals surface area contributed by atoms with Crippen LogP contribution in [0.5, 0.6) is 0 Å². The van der Waals surface area contributed by atoms with E-state index in [4.69, 9.17) is 0 Å². The van der Waals surface area contributed by atoms with E-state index < -0.39 is 0 Å². The monoisotopic (exact) mass is 214 g/mol. The number of aromatic nitrogens is 2. The molecule has 2 rings (SSSR count). The van der Waals surface area contributed by atoms with Crippen LogP contribution in [0.4, 0.5) is 0 Å². The van der Waals surface area contributed by atoms with E-state index in [0.29, 0.717) is 0 Å². The number of H-pyrrole nitrogens is 1. The molecule has 0 saturated carbocycles. The van der Waals surface area contributed by atoms with Crippen molar-refractivity contribution in [2.45, 2.75) is 20.8 Å². The van der Waals surface area contributed by atoms with Crippen molar-refractivity contribution in [2.75, 3.05) is 0 Å². The summed E-state index contributed by atoms with van der Waals surface area (Å²) in [6, 6.07) is 5.34. The third kappa shape index (κ3) is 1.76. The number of rotatable bonds is 1. The van der Waals surface area contributed by atoms with Gasteiger partial charge in [-0.1, -0.05) is 0 Å². The fourth-order valence-electron chi connectivity index (χ4n) is 1.74. The van der Waals surface area contributed by atoms with E-state index in [0.717, 1.165) is 22.5 Å². The van der Waals surface area contributed by atoms with Gasteiger partial charge in [0.15, 0.2) is 0 Å². The number of aromatic amines is 1. The first-order valence-corrected chi connectivity index (χ1v) is 5.22. The van der Waals surface area contributed by atoms with Gasteiger partial charge in [-0.15, -0.1) is 0 Å². The lowest BCUT2D eigenvalue weighted by atomic mass is 10.0. The van der Waals surface area contributed by atoms with E-state index in [1.54, 1.807) is 6.20 Å². The molecule has 0 aliphatic carbocycles. The third-order valence-electron chi connectivity index (χ3n) is 2.85. The predicted octanol–water partition coefficient (Wildman–Crippen LogP) is 2.36. The minimum atomic E-state index is -0.0773. The molecule has 0 amide bonds. The Hall–Kier alpha value is -1.90. The Balaban J connectivity index is 2.68. The van der Waals surface area contributed by atoms with E-state index in [9.17, 15) is 4.79 Å². The summed E-state index contributed by atoms with van der Waals surface area (Å²) in [4.78, 5) is 18.3. The molecule has 0 radical (unpaired) electrons. The van der Waals surface area contributed by atoms with Crippen molar-refractivity contribution in [3.8, 4) is 11.3 Å². The van der Waals surface area contributed by atoms with Gasteiger partial charge in [0.05, 0.1) is 5.69 Å². The average Bonchev–Trinajstić information content (AvgIpc) is 2.23. The van der Waals surface area contributed by atoms with Gasteiger partial charge in [0.25, 0.3) is 0 Å². The summed E-state index contributed by atoms with van der Waals surface area (Å²) in [5.74, 6) is 0. The molecule has 82 valence electrons. The van der Waals surface area contributed by atoms with Gasteiger partial charge in [-0.3, -0.25) is 9.78 Å². The first-order valence-electron chi connectivity index (χ1n) is 5.22. The van der Waals surface area contributed by atoms with Gasteiger partial charge in [0.1, 0.15) is 0 Å². The molecule has 0 saturated heterocycles. The molecular weight excluding hydrogens is 200 g/mol. The minimum Gasteiger partial charge on any atom is -0.326 e. The molecule has 3 heteroatoms. The average molecular weight is 214 g/mol. The molecule has 2 aromatic heterocycles. The first kappa shape index (κ1) is 10.6. The van der Waals surface area contributed by atoms with E-state index in [1.807, 2.05) is 26.0 Å². The standard InChI is InChI=1S/C13H14N2O/c1-8-6-7-14-13(9(8)2)11-4-5-12(16)15-10(11)3/h4-7H,1-3H3,(H,15,16). The van der Waals surface area contributed by atoms with Crippen LogP contribution in [0.25, 0.3) is 11.3 Å². The van der Waals surface area contributed by atoms with Crippen LogP contribution in [0.3, 0.4) is 0 Å². The molecule has 2 aromatic rings. The van der Waals surface area contributed by atoms with Gasteiger partial charge in [-0.25, -0.2) is 0 Å². The number of hydrogen-bond acceptors (Lipinski definition) is 2. The number of aryl methyl sites for hydroxylation is 2. The fraction of sp³-hybridized carbons (Fsp3) is 0.231. The predicted molar refractivity (Wildman–Crippen MR) is 64.5 cm³/mol. The Kier molecular flexibility index (Phi) is 2.60. The second kappa shape index (κ2) is 3.93. The Labute approximate surface area is 94.2 Å². The summed E-state index contributed by atoms with van der Waals surface area (Å²) in [6.07, 6.45) is 1.79. The van der Waals surface area contributed by atoms with Crippen LogP contribution in [0.15, 0.2) is 29.2 Å². The molecule has 0 spiro atoms. The molecule has 3 nitrogen and oxygen atoms in total. The maximum absolute atomic E-state index is 11.1. The highest BCUT2D eigenvalue weighted by Crippen LogP contribution is 2.23. The Morgan fingerprint density at radius 1 is 1.12 bits per heavy atom. The topological polar surface area (TPSA) is 45.8 Å². The molecule has 0 aliphatic heterocycles. The largest absolute Gasteiger partial charge is 0.326 e. The molecule has 0 bridgehead atoms. The summed E-state index contributed by atoms with van der Waals surface area (Å²) in [5, 5.41) is 0. The molecule has 16 heavy (non-hydrogen) atoms. The first-order chi connectivity index (χ1) is 7.59. The normalized spacial score (nSPS) is 10.4. The Morgan fingerprint density at radius 3 is 2.56 bits per heavy atom. The van der Waals surface area contributed by atoms with Crippen LogP contribution < -0.4 is 5.56 Å². The van der Waals surface area contributed by atoms with Crippen molar-refractivity contribution in [1.29, 1.82) is 0 Å². The van der Waals surface area contributed by atoms with Crippen molar-refractivity contribution in [2.24, 2.45) is 0 Å². The van der Waals surface area contributed by atoms with E-state index >= 15 is 0 Å². The van der Waals surface area contributed by atoms with Gasteiger partial charge in [-0.2, -0.15) is 0 Å². The smallest absolute Gasteiger partial charge is 0.248 e. The molecule has 2 heterocycles. The van der Waals surface area contributed by atoms with Crippen molar-refractivity contribution < 1.29 is 0 Å². The Bertz CT molecular complexity index is 585. The highest BCUT2D eigenvalue weighted by Gasteiger charge is 2.08. The number of pyridine rings is 2. The molecule has 1 N–H and O–H groups in total. The SMILES string of the molecule is Cc1ccnc(-c2ccc(=O)[nH]c2C)c1C. The molecular formula is C13H14N2O. The highest BCUT2D eigenvalue weighted by atomic mass is 16.1. The fourth-order valence-corrected chi connectivity index (χ4v) is 1.74. The van der Waals surface area contributed by atoms with Crippen LogP contribution in [0.1, 0.15) is 16.8 Å². The molecule has 0 unspecified atom stereocenters. The molecule has 0 fully saturated rings. The summed E-state index contributed by atoms with van der Waals surface area (Å²) in [7, 11) is 0. The second-order valence-corrected chi connectivity index (χ2v) is 3.96. The van der Waals surface area contributed by atoms with Gasteiger partial charge in [0.2, 0.25) is 5.56 Å².